The molecular formula is C17H29N3O3. The Hall–Kier alpha value is -1.30. The van der Waals surface area contributed by atoms with Crippen LogP contribution in [0.3, 0.4) is 0 Å². The zero-order valence-electron chi connectivity index (χ0n) is 14.0. The lowest BCUT2D eigenvalue weighted by atomic mass is 10.0. The van der Waals surface area contributed by atoms with Crippen LogP contribution in [0, 0.1) is 5.92 Å². The molecule has 3 aliphatic rings. The molecule has 0 spiro atoms. The van der Waals surface area contributed by atoms with Crippen LogP contribution in [0.5, 0.6) is 0 Å². The molecule has 1 aliphatic carbocycles. The fourth-order valence-corrected chi connectivity index (χ4v) is 3.90. The second kappa shape index (κ2) is 7.99. The molecule has 2 heterocycles. The first-order valence-electron chi connectivity index (χ1n) is 9.14. The van der Waals surface area contributed by atoms with E-state index in [1.807, 2.05) is 4.90 Å². The minimum Gasteiger partial charge on any atom is -0.448 e. The molecule has 6 heteroatoms. The number of hydrogen-bond acceptors (Lipinski definition) is 4. The zero-order valence-corrected chi connectivity index (χ0v) is 14.0. The fourth-order valence-electron chi connectivity index (χ4n) is 3.90. The van der Waals surface area contributed by atoms with Crippen LogP contribution in [0.15, 0.2) is 0 Å². The Morgan fingerprint density at radius 1 is 1.04 bits per heavy atom. The third-order valence-corrected chi connectivity index (χ3v) is 5.50. The van der Waals surface area contributed by atoms with Gasteiger partial charge in [-0.3, -0.25) is 9.69 Å². The SMILES string of the molecule is O=C(CCC1CCCC1)N1CCN(CCN2CCOC2=O)CC1. The Morgan fingerprint density at radius 2 is 1.78 bits per heavy atom. The van der Waals surface area contributed by atoms with Crippen molar-refractivity contribution in [1.29, 1.82) is 0 Å². The van der Waals surface area contributed by atoms with Crippen LogP contribution in [0.1, 0.15) is 38.5 Å². The number of amides is 2. The Bertz CT molecular complexity index is 415. The Balaban J connectivity index is 1.31. The summed E-state index contributed by atoms with van der Waals surface area (Å²) < 4.78 is 4.94. The molecule has 0 aromatic carbocycles. The number of hydrogen-bond donors (Lipinski definition) is 0. The van der Waals surface area contributed by atoms with E-state index in [9.17, 15) is 9.59 Å². The van der Waals surface area contributed by atoms with E-state index in [0.29, 0.717) is 19.1 Å². The monoisotopic (exact) mass is 323 g/mol. The molecule has 0 aromatic rings. The predicted molar refractivity (Wildman–Crippen MR) is 87.1 cm³/mol. The Kier molecular flexibility index (Phi) is 5.75. The maximum absolute atomic E-state index is 12.3. The predicted octanol–water partition coefficient (Wildman–Crippen LogP) is 1.55. The van der Waals surface area contributed by atoms with Gasteiger partial charge in [0.15, 0.2) is 0 Å². The number of cyclic esters (lactones) is 1. The molecule has 3 fully saturated rings. The molecule has 2 amide bonds. The second-order valence-corrected chi connectivity index (χ2v) is 7.01. The molecule has 2 saturated heterocycles. The van der Waals surface area contributed by atoms with E-state index < -0.39 is 0 Å². The van der Waals surface area contributed by atoms with Gasteiger partial charge >= 0.3 is 6.09 Å². The molecule has 3 rings (SSSR count). The van der Waals surface area contributed by atoms with Crippen molar-refractivity contribution in [2.75, 3.05) is 52.4 Å². The van der Waals surface area contributed by atoms with Gasteiger partial charge < -0.3 is 14.5 Å². The van der Waals surface area contributed by atoms with Gasteiger partial charge in [0, 0.05) is 45.7 Å². The van der Waals surface area contributed by atoms with Crippen LogP contribution in [0.4, 0.5) is 4.79 Å². The van der Waals surface area contributed by atoms with Crippen molar-refractivity contribution in [3.8, 4) is 0 Å². The summed E-state index contributed by atoms with van der Waals surface area (Å²) in [6.45, 7) is 6.31. The molecule has 0 unspecified atom stereocenters. The van der Waals surface area contributed by atoms with Crippen molar-refractivity contribution >= 4 is 12.0 Å². The van der Waals surface area contributed by atoms with Crippen molar-refractivity contribution in [2.45, 2.75) is 38.5 Å². The van der Waals surface area contributed by atoms with E-state index in [1.165, 1.54) is 25.7 Å². The lowest BCUT2D eigenvalue weighted by Gasteiger charge is -2.35. The molecule has 23 heavy (non-hydrogen) atoms. The van der Waals surface area contributed by atoms with Crippen LogP contribution in [-0.4, -0.2) is 79.1 Å². The fraction of sp³-hybridized carbons (Fsp3) is 0.882. The summed E-state index contributed by atoms with van der Waals surface area (Å²) >= 11 is 0. The van der Waals surface area contributed by atoms with Gasteiger partial charge in [-0.15, -0.1) is 0 Å². The highest BCUT2D eigenvalue weighted by atomic mass is 16.6. The van der Waals surface area contributed by atoms with Crippen molar-refractivity contribution in [2.24, 2.45) is 5.92 Å². The largest absolute Gasteiger partial charge is 0.448 e. The van der Waals surface area contributed by atoms with Crippen LogP contribution >= 0.6 is 0 Å². The number of carbonyl (C=O) groups excluding carboxylic acids is 2. The van der Waals surface area contributed by atoms with Crippen molar-refractivity contribution in [3.63, 3.8) is 0 Å². The molecule has 0 aromatic heterocycles. The molecular weight excluding hydrogens is 294 g/mol. The van der Waals surface area contributed by atoms with Gasteiger partial charge in [-0.05, 0) is 12.3 Å². The maximum Gasteiger partial charge on any atom is 0.409 e. The standard InChI is InChI=1S/C17H29N3O3/c21-16(6-5-15-3-1-2-4-15)19-10-7-18(8-11-19)9-12-20-13-14-23-17(20)22/h15H,1-14H2. The average molecular weight is 323 g/mol. The van der Waals surface area contributed by atoms with E-state index in [2.05, 4.69) is 4.90 Å². The summed E-state index contributed by atoms with van der Waals surface area (Å²) in [7, 11) is 0. The highest BCUT2D eigenvalue weighted by molar-refractivity contribution is 5.76. The average Bonchev–Trinajstić information content (AvgIpc) is 3.23. The smallest absolute Gasteiger partial charge is 0.409 e. The number of piperazine rings is 1. The van der Waals surface area contributed by atoms with E-state index in [1.54, 1.807) is 4.90 Å². The number of rotatable bonds is 6. The summed E-state index contributed by atoms with van der Waals surface area (Å²) in [5.41, 5.74) is 0. The summed E-state index contributed by atoms with van der Waals surface area (Å²) in [6, 6.07) is 0. The maximum atomic E-state index is 12.3. The highest BCUT2D eigenvalue weighted by Crippen LogP contribution is 2.28. The lowest BCUT2D eigenvalue weighted by Crippen LogP contribution is -2.50. The summed E-state index contributed by atoms with van der Waals surface area (Å²) in [5, 5.41) is 0. The van der Waals surface area contributed by atoms with E-state index in [0.717, 1.165) is 58.0 Å². The van der Waals surface area contributed by atoms with Gasteiger partial charge in [0.1, 0.15) is 6.61 Å². The minimum atomic E-state index is -0.189. The zero-order chi connectivity index (χ0) is 16.1. The third-order valence-electron chi connectivity index (χ3n) is 5.50. The quantitative estimate of drug-likeness (QED) is 0.744. The van der Waals surface area contributed by atoms with Gasteiger partial charge in [-0.25, -0.2) is 4.79 Å². The minimum absolute atomic E-state index is 0.189. The van der Waals surface area contributed by atoms with Gasteiger partial charge in [0.25, 0.3) is 0 Å². The molecule has 0 N–H and O–H groups in total. The van der Waals surface area contributed by atoms with Gasteiger partial charge in [0.05, 0.1) is 6.54 Å². The molecule has 1 saturated carbocycles. The Morgan fingerprint density at radius 3 is 2.43 bits per heavy atom. The first kappa shape index (κ1) is 16.6. The van der Waals surface area contributed by atoms with Crippen molar-refractivity contribution in [3.05, 3.63) is 0 Å². The van der Waals surface area contributed by atoms with Crippen LogP contribution in [0.2, 0.25) is 0 Å². The molecule has 0 radical (unpaired) electrons. The topological polar surface area (TPSA) is 53.1 Å². The summed E-state index contributed by atoms with van der Waals surface area (Å²) in [6.07, 6.45) is 6.95. The normalized spacial score (nSPS) is 23.6. The molecule has 2 aliphatic heterocycles. The van der Waals surface area contributed by atoms with Gasteiger partial charge in [-0.2, -0.15) is 0 Å². The first-order valence-corrected chi connectivity index (χ1v) is 9.14. The second-order valence-electron chi connectivity index (χ2n) is 7.01. The van der Waals surface area contributed by atoms with E-state index in [-0.39, 0.29) is 6.09 Å². The van der Waals surface area contributed by atoms with E-state index >= 15 is 0 Å². The molecule has 0 bridgehead atoms. The third kappa shape index (κ3) is 4.59. The molecule has 6 nitrogen and oxygen atoms in total. The highest BCUT2D eigenvalue weighted by Gasteiger charge is 2.25. The first-order chi connectivity index (χ1) is 11.2. The molecule has 0 atom stereocenters. The number of carbonyl (C=O) groups is 2. The van der Waals surface area contributed by atoms with Crippen LogP contribution in [0.25, 0.3) is 0 Å². The van der Waals surface area contributed by atoms with Crippen molar-refractivity contribution in [1.82, 2.24) is 14.7 Å². The van der Waals surface area contributed by atoms with Crippen LogP contribution in [-0.2, 0) is 9.53 Å². The summed E-state index contributed by atoms with van der Waals surface area (Å²) in [4.78, 5) is 29.8. The molecule has 130 valence electrons. The summed E-state index contributed by atoms with van der Waals surface area (Å²) in [5.74, 6) is 1.13. The van der Waals surface area contributed by atoms with Gasteiger partial charge in [-0.1, -0.05) is 25.7 Å². The lowest BCUT2D eigenvalue weighted by molar-refractivity contribution is -0.133. The number of ether oxygens (including phenoxy) is 1. The number of nitrogens with zero attached hydrogens (tertiary/aromatic N) is 3. The van der Waals surface area contributed by atoms with Crippen LogP contribution < -0.4 is 0 Å². The van der Waals surface area contributed by atoms with E-state index in [4.69, 9.17) is 4.74 Å². The van der Waals surface area contributed by atoms with Gasteiger partial charge in [0.2, 0.25) is 5.91 Å². The van der Waals surface area contributed by atoms with Crippen molar-refractivity contribution < 1.29 is 14.3 Å². The Labute approximate surface area is 138 Å².